The number of rotatable bonds is 7. The van der Waals surface area contributed by atoms with Gasteiger partial charge >= 0.3 is 0 Å². The molecule has 0 aliphatic heterocycles. The highest BCUT2D eigenvalue weighted by atomic mass is 79.9. The summed E-state index contributed by atoms with van der Waals surface area (Å²) in [6.07, 6.45) is 5.97. The first kappa shape index (κ1) is 16.2. The number of pyridine rings is 1. The van der Waals surface area contributed by atoms with Gasteiger partial charge in [0.2, 0.25) is 0 Å². The van der Waals surface area contributed by atoms with E-state index in [0.29, 0.717) is 5.92 Å². The van der Waals surface area contributed by atoms with Crippen LogP contribution < -0.4 is 5.32 Å². The van der Waals surface area contributed by atoms with Crippen molar-refractivity contribution >= 4 is 15.9 Å². The van der Waals surface area contributed by atoms with Crippen molar-refractivity contribution in [3.8, 4) is 0 Å². The Labute approximate surface area is 136 Å². The number of hydrogen-bond acceptors (Lipinski definition) is 2. The lowest BCUT2D eigenvalue weighted by Gasteiger charge is -2.18. The zero-order valence-corrected chi connectivity index (χ0v) is 14.4. The quantitative estimate of drug-likeness (QED) is 0.747. The summed E-state index contributed by atoms with van der Waals surface area (Å²) in [6.45, 7) is 6.40. The maximum absolute atomic E-state index is 4.27. The molecular weight excluding hydrogens is 324 g/mol. The van der Waals surface area contributed by atoms with E-state index in [9.17, 15) is 0 Å². The Balaban J connectivity index is 2.13. The van der Waals surface area contributed by atoms with Crippen molar-refractivity contribution in [1.82, 2.24) is 10.3 Å². The number of aryl methyl sites for hydroxylation is 1. The van der Waals surface area contributed by atoms with Crippen LogP contribution in [0.4, 0.5) is 0 Å². The summed E-state index contributed by atoms with van der Waals surface area (Å²) >= 11 is 3.50. The number of nitrogens with one attached hydrogen (secondary N) is 1. The largest absolute Gasteiger partial charge is 0.316 e. The fraction of sp³-hybridized carbons (Fsp3) is 0.389. The van der Waals surface area contributed by atoms with E-state index in [-0.39, 0.29) is 0 Å². The summed E-state index contributed by atoms with van der Waals surface area (Å²) < 4.78 is 1.05. The molecular formula is C18H23BrN2. The normalized spacial score (nSPS) is 12.3. The average Bonchev–Trinajstić information content (AvgIpc) is 2.47. The van der Waals surface area contributed by atoms with Crippen molar-refractivity contribution in [1.29, 1.82) is 0 Å². The third-order valence-electron chi connectivity index (χ3n) is 3.61. The molecule has 0 radical (unpaired) electrons. The number of halogens is 1. The van der Waals surface area contributed by atoms with Gasteiger partial charge in [-0.25, -0.2) is 0 Å². The standard InChI is InChI=1S/C18H23BrN2/c1-3-8-20-12-17(16-6-4-14(2)5-7-16)9-15-10-18(19)13-21-11-15/h4-7,10-11,13,17,20H,3,8-9,12H2,1-2H3. The lowest BCUT2D eigenvalue weighted by atomic mass is 9.92. The molecule has 1 atom stereocenters. The molecule has 0 saturated heterocycles. The molecule has 3 heteroatoms. The van der Waals surface area contributed by atoms with Crippen molar-refractivity contribution in [3.05, 3.63) is 63.9 Å². The molecule has 0 bridgehead atoms. The number of aromatic nitrogens is 1. The summed E-state index contributed by atoms with van der Waals surface area (Å²) in [4.78, 5) is 4.27. The third-order valence-corrected chi connectivity index (χ3v) is 4.04. The first-order valence-electron chi connectivity index (χ1n) is 7.55. The van der Waals surface area contributed by atoms with Crippen molar-refractivity contribution in [2.24, 2.45) is 0 Å². The maximum atomic E-state index is 4.27. The van der Waals surface area contributed by atoms with E-state index in [4.69, 9.17) is 0 Å². The van der Waals surface area contributed by atoms with Crippen molar-refractivity contribution in [3.63, 3.8) is 0 Å². The Morgan fingerprint density at radius 2 is 1.95 bits per heavy atom. The molecule has 2 rings (SSSR count). The van der Waals surface area contributed by atoms with Crippen LogP contribution in [0.15, 0.2) is 47.2 Å². The summed E-state index contributed by atoms with van der Waals surface area (Å²) in [7, 11) is 0. The van der Waals surface area contributed by atoms with Gasteiger partial charge in [0.1, 0.15) is 0 Å². The predicted molar refractivity (Wildman–Crippen MR) is 92.7 cm³/mol. The summed E-state index contributed by atoms with van der Waals surface area (Å²) in [5, 5.41) is 3.55. The highest BCUT2D eigenvalue weighted by molar-refractivity contribution is 9.10. The van der Waals surface area contributed by atoms with Gasteiger partial charge in [0.15, 0.2) is 0 Å². The van der Waals surface area contributed by atoms with Crippen LogP contribution in [0, 0.1) is 6.92 Å². The molecule has 0 aliphatic carbocycles. The topological polar surface area (TPSA) is 24.9 Å². The minimum Gasteiger partial charge on any atom is -0.316 e. The molecule has 1 N–H and O–H groups in total. The van der Waals surface area contributed by atoms with E-state index in [1.165, 1.54) is 23.1 Å². The number of nitrogens with zero attached hydrogens (tertiary/aromatic N) is 1. The fourth-order valence-corrected chi connectivity index (χ4v) is 2.86. The third kappa shape index (κ3) is 5.25. The van der Waals surface area contributed by atoms with Gasteiger partial charge in [0.25, 0.3) is 0 Å². The lowest BCUT2D eigenvalue weighted by molar-refractivity contribution is 0.576. The van der Waals surface area contributed by atoms with Gasteiger partial charge in [-0.1, -0.05) is 36.8 Å². The van der Waals surface area contributed by atoms with Gasteiger partial charge in [-0.15, -0.1) is 0 Å². The molecule has 2 nitrogen and oxygen atoms in total. The predicted octanol–water partition coefficient (Wildman–Crippen LogP) is 4.48. The zero-order valence-electron chi connectivity index (χ0n) is 12.8. The number of benzene rings is 1. The molecule has 1 aromatic heterocycles. The van der Waals surface area contributed by atoms with Crippen molar-refractivity contribution in [2.75, 3.05) is 13.1 Å². The van der Waals surface area contributed by atoms with Gasteiger partial charge in [-0.3, -0.25) is 4.98 Å². The molecule has 112 valence electrons. The first-order valence-corrected chi connectivity index (χ1v) is 8.35. The van der Waals surface area contributed by atoms with E-state index < -0.39 is 0 Å². The molecule has 0 aliphatic rings. The van der Waals surface area contributed by atoms with Gasteiger partial charge in [-0.2, -0.15) is 0 Å². The molecule has 2 aromatic rings. The van der Waals surface area contributed by atoms with Gasteiger partial charge in [0.05, 0.1) is 0 Å². The molecule has 21 heavy (non-hydrogen) atoms. The highest BCUT2D eigenvalue weighted by Crippen LogP contribution is 2.22. The SMILES string of the molecule is CCCNCC(Cc1cncc(Br)c1)c1ccc(C)cc1. The van der Waals surface area contributed by atoms with Crippen molar-refractivity contribution < 1.29 is 0 Å². The zero-order chi connectivity index (χ0) is 15.1. The van der Waals surface area contributed by atoms with E-state index in [2.05, 4.69) is 70.4 Å². The first-order chi connectivity index (χ1) is 10.2. The van der Waals surface area contributed by atoms with E-state index in [0.717, 1.165) is 24.0 Å². The Bertz CT molecular complexity index is 551. The van der Waals surface area contributed by atoms with Crippen LogP contribution >= 0.6 is 15.9 Å². The Morgan fingerprint density at radius 3 is 2.62 bits per heavy atom. The minimum atomic E-state index is 0.480. The lowest BCUT2D eigenvalue weighted by Crippen LogP contribution is -2.23. The molecule has 1 heterocycles. The smallest absolute Gasteiger partial charge is 0.0410 e. The van der Waals surface area contributed by atoms with E-state index >= 15 is 0 Å². The minimum absolute atomic E-state index is 0.480. The van der Waals surface area contributed by atoms with Gasteiger partial charge in [0, 0.05) is 29.3 Å². The van der Waals surface area contributed by atoms with Crippen LogP contribution in [0.3, 0.4) is 0 Å². The molecule has 0 amide bonds. The Hall–Kier alpha value is -1.19. The van der Waals surface area contributed by atoms with Crippen LogP contribution in [0.5, 0.6) is 0 Å². The molecule has 0 fully saturated rings. The van der Waals surface area contributed by atoms with Crippen LogP contribution in [0.1, 0.15) is 36.0 Å². The van der Waals surface area contributed by atoms with Crippen LogP contribution in [0.2, 0.25) is 0 Å². The molecule has 1 aromatic carbocycles. The average molecular weight is 347 g/mol. The second-order valence-corrected chi connectivity index (χ2v) is 6.44. The monoisotopic (exact) mass is 346 g/mol. The van der Waals surface area contributed by atoms with Crippen molar-refractivity contribution in [2.45, 2.75) is 32.6 Å². The van der Waals surface area contributed by atoms with Gasteiger partial charge < -0.3 is 5.32 Å². The summed E-state index contributed by atoms with van der Waals surface area (Å²) in [6, 6.07) is 11.1. The summed E-state index contributed by atoms with van der Waals surface area (Å²) in [5.74, 6) is 0.480. The van der Waals surface area contributed by atoms with Crippen LogP contribution in [0.25, 0.3) is 0 Å². The maximum Gasteiger partial charge on any atom is 0.0410 e. The van der Waals surface area contributed by atoms with Crippen LogP contribution in [-0.4, -0.2) is 18.1 Å². The molecule has 0 spiro atoms. The Kier molecular flexibility index (Phi) is 6.40. The van der Waals surface area contributed by atoms with E-state index in [1.54, 1.807) is 0 Å². The Morgan fingerprint density at radius 1 is 1.19 bits per heavy atom. The molecule has 1 unspecified atom stereocenters. The second-order valence-electron chi connectivity index (χ2n) is 5.53. The summed E-state index contributed by atoms with van der Waals surface area (Å²) in [5.41, 5.74) is 3.97. The second kappa shape index (κ2) is 8.30. The van der Waals surface area contributed by atoms with E-state index in [1.807, 2.05) is 12.4 Å². The fourth-order valence-electron chi connectivity index (χ4n) is 2.45. The molecule has 0 saturated carbocycles. The van der Waals surface area contributed by atoms with Crippen LogP contribution in [-0.2, 0) is 6.42 Å². The number of hydrogen-bond donors (Lipinski definition) is 1. The highest BCUT2D eigenvalue weighted by Gasteiger charge is 2.12. The van der Waals surface area contributed by atoms with Gasteiger partial charge in [-0.05, 0) is 59.4 Å².